The van der Waals surface area contributed by atoms with E-state index in [-0.39, 0.29) is 16.3 Å². The van der Waals surface area contributed by atoms with Gasteiger partial charge < -0.3 is 11.1 Å². The minimum Gasteiger partial charge on any atom is -0.383 e. The fourth-order valence-electron chi connectivity index (χ4n) is 3.20. The van der Waals surface area contributed by atoms with Gasteiger partial charge >= 0.3 is 0 Å². The summed E-state index contributed by atoms with van der Waals surface area (Å²) in [5, 5.41) is 16.4. The number of allylic oxidation sites excluding steroid dienone is 1. The molecule has 0 spiro atoms. The van der Waals surface area contributed by atoms with Gasteiger partial charge in [-0.1, -0.05) is 48.5 Å². The molecule has 0 fully saturated rings. The molecule has 0 heterocycles. The molecule has 10 heteroatoms. The van der Waals surface area contributed by atoms with Gasteiger partial charge in [0.2, 0.25) is 16.2 Å². The fraction of sp³-hybridized carbons (Fsp3) is 0.0417. The van der Waals surface area contributed by atoms with Crippen LogP contribution in [0.5, 0.6) is 0 Å². The number of amidine groups is 1. The molecule has 3 rings (SSSR count). The van der Waals surface area contributed by atoms with Gasteiger partial charge in [0.05, 0.1) is 4.90 Å². The summed E-state index contributed by atoms with van der Waals surface area (Å²) in [6.45, 7) is 1.44. The monoisotopic (exact) mass is 477 g/mol. The van der Waals surface area contributed by atoms with Gasteiger partial charge in [-0.15, -0.1) is 0 Å². The number of hydrogen-bond acceptors (Lipinski definition) is 5. The molecule has 0 unspecified atom stereocenters. The van der Waals surface area contributed by atoms with Gasteiger partial charge in [0.15, 0.2) is 5.83 Å². The van der Waals surface area contributed by atoms with Crippen molar-refractivity contribution < 1.29 is 17.6 Å². The van der Waals surface area contributed by atoms with E-state index in [9.17, 15) is 17.6 Å². The topological polar surface area (TPSA) is 151 Å². The highest BCUT2D eigenvalue weighted by atomic mass is 32.2. The van der Waals surface area contributed by atoms with Crippen LogP contribution >= 0.6 is 0 Å². The highest BCUT2D eigenvalue weighted by molar-refractivity contribution is 7.89. The number of nitriles is 1. The number of benzene rings is 3. The van der Waals surface area contributed by atoms with Crippen molar-refractivity contribution in [3.63, 3.8) is 0 Å². The number of carbonyl (C=O) groups excluding carboxylic acids is 1. The van der Waals surface area contributed by atoms with E-state index in [0.29, 0.717) is 27.9 Å². The van der Waals surface area contributed by atoms with Crippen molar-refractivity contribution in [1.29, 1.82) is 5.26 Å². The van der Waals surface area contributed by atoms with Crippen molar-refractivity contribution >= 4 is 33.0 Å². The van der Waals surface area contributed by atoms with E-state index in [1.807, 2.05) is 0 Å². The van der Waals surface area contributed by atoms with Crippen molar-refractivity contribution in [2.75, 3.05) is 5.32 Å². The Kier molecular flexibility index (Phi) is 7.21. The molecule has 3 aromatic carbocycles. The summed E-state index contributed by atoms with van der Waals surface area (Å²) in [6, 6.07) is 18.8. The van der Waals surface area contributed by atoms with Crippen molar-refractivity contribution in [1.82, 2.24) is 0 Å². The quantitative estimate of drug-likeness (QED) is 0.215. The SMILES string of the molecule is C/C(=C(\F)C(=O)Nc1ccc(-c2ccccc2S(N)(=O)=O)cc1)c1cccc(C(N)=NC#N)c1. The van der Waals surface area contributed by atoms with Crippen LogP contribution in [0.4, 0.5) is 10.1 Å². The number of nitrogens with zero attached hydrogens (tertiary/aromatic N) is 2. The summed E-state index contributed by atoms with van der Waals surface area (Å²) in [5.74, 6) is -1.98. The van der Waals surface area contributed by atoms with Crippen LogP contribution in [0.1, 0.15) is 18.1 Å². The number of primary sulfonamides is 1. The summed E-state index contributed by atoms with van der Waals surface area (Å²) in [7, 11) is -3.93. The summed E-state index contributed by atoms with van der Waals surface area (Å²) >= 11 is 0. The molecule has 0 aliphatic carbocycles. The van der Waals surface area contributed by atoms with E-state index >= 15 is 0 Å². The lowest BCUT2D eigenvalue weighted by atomic mass is 10.0. The molecule has 34 heavy (non-hydrogen) atoms. The van der Waals surface area contributed by atoms with Crippen LogP contribution in [-0.2, 0) is 14.8 Å². The maximum Gasteiger partial charge on any atom is 0.284 e. The molecule has 172 valence electrons. The fourth-order valence-corrected chi connectivity index (χ4v) is 3.96. The molecule has 0 radical (unpaired) electrons. The van der Waals surface area contributed by atoms with Crippen LogP contribution in [0.3, 0.4) is 0 Å². The Hall–Kier alpha value is -4.33. The molecular formula is C24H20FN5O3S. The molecule has 0 bridgehead atoms. The Bertz CT molecular complexity index is 1460. The second kappa shape index (κ2) is 10.1. The van der Waals surface area contributed by atoms with Gasteiger partial charge in [-0.2, -0.15) is 10.3 Å². The van der Waals surface area contributed by atoms with Crippen LogP contribution in [0.15, 0.2) is 88.5 Å². The lowest BCUT2D eigenvalue weighted by molar-refractivity contribution is -0.114. The molecule has 3 aromatic rings. The largest absolute Gasteiger partial charge is 0.383 e. The number of aliphatic imine (C=N–C) groups is 1. The van der Waals surface area contributed by atoms with Crippen LogP contribution in [0.2, 0.25) is 0 Å². The van der Waals surface area contributed by atoms with Crippen LogP contribution < -0.4 is 16.2 Å². The first-order chi connectivity index (χ1) is 16.1. The zero-order valence-electron chi connectivity index (χ0n) is 18.0. The number of halogens is 1. The molecule has 1 amide bonds. The summed E-state index contributed by atoms with van der Waals surface area (Å²) in [5.41, 5.74) is 7.86. The Labute approximate surface area is 196 Å². The minimum absolute atomic E-state index is 0.0221. The lowest BCUT2D eigenvalue weighted by Crippen LogP contribution is -2.14. The van der Waals surface area contributed by atoms with Crippen molar-refractivity contribution in [3.05, 3.63) is 89.8 Å². The minimum atomic E-state index is -3.93. The lowest BCUT2D eigenvalue weighted by Gasteiger charge is -2.10. The maximum atomic E-state index is 14.8. The van der Waals surface area contributed by atoms with Gasteiger partial charge in [-0.3, -0.25) is 4.79 Å². The van der Waals surface area contributed by atoms with E-state index in [0.717, 1.165) is 0 Å². The number of nitrogens with one attached hydrogen (secondary N) is 1. The van der Waals surface area contributed by atoms with Crippen LogP contribution in [-0.4, -0.2) is 20.2 Å². The van der Waals surface area contributed by atoms with Crippen LogP contribution in [0.25, 0.3) is 16.7 Å². The van der Waals surface area contributed by atoms with Crippen molar-refractivity contribution in [2.45, 2.75) is 11.8 Å². The predicted octanol–water partition coefficient (Wildman–Crippen LogP) is 3.53. The first-order valence-corrected chi connectivity index (χ1v) is 11.4. The molecule has 0 aliphatic rings. The average Bonchev–Trinajstić information content (AvgIpc) is 2.83. The first kappa shape index (κ1) is 24.3. The smallest absolute Gasteiger partial charge is 0.284 e. The molecular weight excluding hydrogens is 457 g/mol. The zero-order valence-corrected chi connectivity index (χ0v) is 18.8. The Morgan fingerprint density at radius 3 is 2.32 bits per heavy atom. The zero-order chi connectivity index (χ0) is 24.9. The van der Waals surface area contributed by atoms with Gasteiger partial charge in [0, 0.05) is 16.8 Å². The average molecular weight is 478 g/mol. The highest BCUT2D eigenvalue weighted by Gasteiger charge is 2.17. The second-order valence-electron chi connectivity index (χ2n) is 7.19. The number of rotatable bonds is 6. The Morgan fingerprint density at radius 1 is 1.03 bits per heavy atom. The third kappa shape index (κ3) is 5.53. The molecule has 8 nitrogen and oxygen atoms in total. The normalized spacial score (nSPS) is 12.5. The van der Waals surface area contributed by atoms with Crippen LogP contribution in [0, 0.1) is 11.5 Å². The molecule has 0 aliphatic heterocycles. The van der Waals surface area contributed by atoms with Crippen molar-refractivity contribution in [2.24, 2.45) is 15.9 Å². The molecule has 5 N–H and O–H groups in total. The second-order valence-corrected chi connectivity index (χ2v) is 8.72. The number of carbonyl (C=O) groups is 1. The van der Waals surface area contributed by atoms with E-state index < -0.39 is 21.8 Å². The van der Waals surface area contributed by atoms with Gasteiger partial charge in [-0.05, 0) is 47.9 Å². The number of amides is 1. The summed E-state index contributed by atoms with van der Waals surface area (Å²) in [4.78, 5) is 15.9. The maximum absolute atomic E-state index is 14.8. The van der Waals surface area contributed by atoms with Crippen molar-refractivity contribution in [3.8, 4) is 17.3 Å². The number of hydrogen-bond donors (Lipinski definition) is 3. The van der Waals surface area contributed by atoms with E-state index in [2.05, 4.69) is 10.3 Å². The van der Waals surface area contributed by atoms with Gasteiger partial charge in [0.25, 0.3) is 5.91 Å². The van der Waals surface area contributed by atoms with E-state index in [1.165, 1.54) is 31.2 Å². The molecule has 0 saturated heterocycles. The summed E-state index contributed by atoms with van der Waals surface area (Å²) in [6.07, 6.45) is 1.58. The summed E-state index contributed by atoms with van der Waals surface area (Å²) < 4.78 is 38.5. The van der Waals surface area contributed by atoms with Gasteiger partial charge in [0.1, 0.15) is 5.84 Å². The van der Waals surface area contributed by atoms with E-state index in [4.69, 9.17) is 16.1 Å². The number of sulfonamides is 1. The third-order valence-corrected chi connectivity index (χ3v) is 5.91. The number of nitrogens with two attached hydrogens (primary N) is 2. The van der Waals surface area contributed by atoms with E-state index in [1.54, 1.807) is 54.7 Å². The highest BCUT2D eigenvalue weighted by Crippen LogP contribution is 2.28. The Morgan fingerprint density at radius 2 is 1.68 bits per heavy atom. The molecule has 0 atom stereocenters. The predicted molar refractivity (Wildman–Crippen MR) is 128 cm³/mol. The first-order valence-electron chi connectivity index (χ1n) is 9.85. The molecule has 0 aromatic heterocycles. The Balaban J connectivity index is 1.83. The number of anilines is 1. The third-order valence-electron chi connectivity index (χ3n) is 4.94. The molecule has 0 saturated carbocycles. The standard InChI is InChI=1S/C24H20FN5O3S/c1-15(17-5-4-6-18(13-17)23(27)29-14-26)22(25)24(31)30-19-11-9-16(10-12-19)20-7-2-3-8-21(20)34(28,32)33/h2-13H,1H3,(H2,27,29)(H,30,31)(H2,28,32,33)/b22-15+. The van der Waals surface area contributed by atoms with Gasteiger partial charge in [-0.25, -0.2) is 17.9 Å².